The van der Waals surface area contributed by atoms with Gasteiger partial charge in [0.25, 0.3) is 0 Å². The number of hydrogen-bond acceptors (Lipinski definition) is 3. The Hall–Kier alpha value is -2.15. The standard InChI is InChI=1S/C14H17FN2O4/c1-21-9-4-3-7-17(8-9)14(20)16-12-10(13(18)19)5-2-6-11(12)15/h2,5-6,9H,3-4,7-8H2,1H3,(H,16,20)(H,18,19). The average Bonchev–Trinajstić information content (AvgIpc) is 2.49. The molecule has 0 spiro atoms. The molecule has 2 N–H and O–H groups in total. The molecule has 1 fully saturated rings. The van der Waals surface area contributed by atoms with Crippen LogP contribution in [0.15, 0.2) is 18.2 Å². The van der Waals surface area contributed by atoms with Crippen molar-refractivity contribution in [2.24, 2.45) is 0 Å². The van der Waals surface area contributed by atoms with E-state index in [0.717, 1.165) is 18.9 Å². The molecule has 0 bridgehead atoms. The third-order valence-corrected chi connectivity index (χ3v) is 3.47. The molecule has 1 aromatic rings. The van der Waals surface area contributed by atoms with Crippen molar-refractivity contribution < 1.29 is 23.8 Å². The van der Waals surface area contributed by atoms with Crippen molar-refractivity contribution in [2.45, 2.75) is 18.9 Å². The number of para-hydroxylation sites is 1. The van der Waals surface area contributed by atoms with Crippen molar-refractivity contribution in [2.75, 3.05) is 25.5 Å². The van der Waals surface area contributed by atoms with Crippen LogP contribution in [-0.4, -0.2) is 48.3 Å². The van der Waals surface area contributed by atoms with Crippen LogP contribution in [0.25, 0.3) is 0 Å². The van der Waals surface area contributed by atoms with Crippen LogP contribution in [0.5, 0.6) is 0 Å². The molecule has 1 unspecified atom stereocenters. The van der Waals surface area contributed by atoms with Gasteiger partial charge < -0.3 is 20.1 Å². The summed E-state index contributed by atoms with van der Waals surface area (Å²) in [6, 6.07) is 3.12. The first-order valence-corrected chi connectivity index (χ1v) is 6.63. The third kappa shape index (κ3) is 3.49. The summed E-state index contributed by atoms with van der Waals surface area (Å²) in [7, 11) is 1.57. The maximum absolute atomic E-state index is 13.8. The largest absolute Gasteiger partial charge is 0.478 e. The second-order valence-corrected chi connectivity index (χ2v) is 4.84. The molecule has 2 amide bonds. The number of carbonyl (C=O) groups is 2. The average molecular weight is 296 g/mol. The molecule has 1 saturated heterocycles. The van der Waals surface area contributed by atoms with Crippen LogP contribution < -0.4 is 5.32 Å². The molecule has 0 aromatic heterocycles. The van der Waals surface area contributed by atoms with E-state index in [2.05, 4.69) is 5.32 Å². The molecular formula is C14H17FN2O4. The Morgan fingerprint density at radius 3 is 2.90 bits per heavy atom. The van der Waals surface area contributed by atoms with Crippen molar-refractivity contribution in [1.29, 1.82) is 0 Å². The lowest BCUT2D eigenvalue weighted by Gasteiger charge is -2.32. The summed E-state index contributed by atoms with van der Waals surface area (Å²) >= 11 is 0. The van der Waals surface area contributed by atoms with Crippen LogP contribution in [0.3, 0.4) is 0 Å². The number of nitrogens with one attached hydrogen (secondary N) is 1. The summed E-state index contributed by atoms with van der Waals surface area (Å²) in [5.41, 5.74) is -0.585. The predicted octanol–water partition coefficient (Wildman–Crippen LogP) is 2.17. The Morgan fingerprint density at radius 1 is 1.48 bits per heavy atom. The van der Waals surface area contributed by atoms with E-state index in [1.54, 1.807) is 7.11 Å². The summed E-state index contributed by atoms with van der Waals surface area (Å²) < 4.78 is 19.0. The predicted molar refractivity (Wildman–Crippen MR) is 74.0 cm³/mol. The highest BCUT2D eigenvalue weighted by Crippen LogP contribution is 2.21. The van der Waals surface area contributed by atoms with Gasteiger partial charge in [-0.25, -0.2) is 14.0 Å². The fourth-order valence-corrected chi connectivity index (χ4v) is 2.33. The van der Waals surface area contributed by atoms with Gasteiger partial charge in [-0.3, -0.25) is 0 Å². The zero-order chi connectivity index (χ0) is 15.4. The topological polar surface area (TPSA) is 78.9 Å². The number of hydrogen-bond donors (Lipinski definition) is 2. The first-order chi connectivity index (χ1) is 10.0. The van der Waals surface area contributed by atoms with Gasteiger partial charge in [0.1, 0.15) is 5.82 Å². The maximum Gasteiger partial charge on any atom is 0.337 e. The summed E-state index contributed by atoms with van der Waals surface area (Å²) in [5.74, 6) is -2.07. The molecule has 0 saturated carbocycles. The molecule has 0 aliphatic carbocycles. The van der Waals surface area contributed by atoms with Gasteiger partial charge in [-0.1, -0.05) is 6.07 Å². The molecule has 6 nitrogen and oxygen atoms in total. The number of benzene rings is 1. The van der Waals surface area contributed by atoms with Crippen LogP contribution >= 0.6 is 0 Å². The van der Waals surface area contributed by atoms with Crippen LogP contribution in [0.4, 0.5) is 14.9 Å². The van der Waals surface area contributed by atoms with E-state index in [1.807, 2.05) is 0 Å². The summed E-state index contributed by atoms with van der Waals surface area (Å²) in [6.07, 6.45) is 1.60. The number of anilines is 1. The van der Waals surface area contributed by atoms with Crippen LogP contribution in [0.2, 0.25) is 0 Å². The van der Waals surface area contributed by atoms with Gasteiger partial charge in [0.05, 0.1) is 17.4 Å². The normalized spacial score (nSPS) is 18.4. The number of likely N-dealkylation sites (tertiary alicyclic amines) is 1. The highest BCUT2D eigenvalue weighted by molar-refractivity contribution is 6.00. The molecule has 0 radical (unpaired) electrons. The fourth-order valence-electron chi connectivity index (χ4n) is 2.33. The molecule has 21 heavy (non-hydrogen) atoms. The number of rotatable bonds is 3. The quantitative estimate of drug-likeness (QED) is 0.896. The monoisotopic (exact) mass is 296 g/mol. The first kappa shape index (κ1) is 15.2. The molecule has 1 heterocycles. The number of aromatic carboxylic acids is 1. The van der Waals surface area contributed by atoms with Gasteiger partial charge in [-0.2, -0.15) is 0 Å². The molecule has 1 aliphatic rings. The third-order valence-electron chi connectivity index (χ3n) is 3.47. The van der Waals surface area contributed by atoms with E-state index in [-0.39, 0.29) is 17.4 Å². The molecular weight excluding hydrogens is 279 g/mol. The minimum Gasteiger partial charge on any atom is -0.478 e. The van der Waals surface area contributed by atoms with Crippen molar-refractivity contribution >= 4 is 17.7 Å². The summed E-state index contributed by atoms with van der Waals surface area (Å²) in [4.78, 5) is 24.7. The van der Waals surface area contributed by atoms with E-state index < -0.39 is 17.8 Å². The second-order valence-electron chi connectivity index (χ2n) is 4.84. The number of carbonyl (C=O) groups excluding carboxylic acids is 1. The van der Waals surface area contributed by atoms with E-state index in [4.69, 9.17) is 9.84 Å². The van der Waals surface area contributed by atoms with Crippen LogP contribution in [0.1, 0.15) is 23.2 Å². The van der Waals surface area contributed by atoms with E-state index in [9.17, 15) is 14.0 Å². The van der Waals surface area contributed by atoms with E-state index >= 15 is 0 Å². The number of methoxy groups -OCH3 is 1. The van der Waals surface area contributed by atoms with E-state index in [1.165, 1.54) is 17.0 Å². The highest BCUT2D eigenvalue weighted by atomic mass is 19.1. The summed E-state index contributed by atoms with van der Waals surface area (Å²) in [6.45, 7) is 0.932. The van der Waals surface area contributed by atoms with Gasteiger partial charge in [0.15, 0.2) is 0 Å². The fraction of sp³-hybridized carbons (Fsp3) is 0.429. The Morgan fingerprint density at radius 2 is 2.24 bits per heavy atom. The van der Waals surface area contributed by atoms with Gasteiger partial charge >= 0.3 is 12.0 Å². The zero-order valence-electron chi connectivity index (χ0n) is 11.6. The number of carboxylic acid groups (broad SMARTS) is 1. The molecule has 1 aliphatic heterocycles. The Kier molecular flexibility index (Phi) is 4.74. The smallest absolute Gasteiger partial charge is 0.337 e. The van der Waals surface area contributed by atoms with E-state index in [0.29, 0.717) is 13.1 Å². The van der Waals surface area contributed by atoms with Crippen molar-refractivity contribution in [3.8, 4) is 0 Å². The molecule has 2 rings (SSSR count). The number of amides is 2. The van der Waals surface area contributed by atoms with Gasteiger partial charge in [-0.05, 0) is 25.0 Å². The van der Waals surface area contributed by atoms with Crippen LogP contribution in [0, 0.1) is 5.82 Å². The minimum absolute atomic E-state index is 0.0518. The number of urea groups is 1. The SMILES string of the molecule is COC1CCCN(C(=O)Nc2c(F)cccc2C(=O)O)C1. The Labute approximate surface area is 121 Å². The van der Waals surface area contributed by atoms with Gasteiger partial charge in [-0.15, -0.1) is 0 Å². The minimum atomic E-state index is -1.29. The van der Waals surface area contributed by atoms with Crippen LogP contribution in [-0.2, 0) is 4.74 Å². The second kappa shape index (κ2) is 6.53. The lowest BCUT2D eigenvalue weighted by atomic mass is 10.1. The number of halogens is 1. The lowest BCUT2D eigenvalue weighted by molar-refractivity contribution is 0.0457. The van der Waals surface area contributed by atoms with Crippen molar-refractivity contribution in [3.63, 3.8) is 0 Å². The van der Waals surface area contributed by atoms with Gasteiger partial charge in [0, 0.05) is 20.2 Å². The molecule has 114 valence electrons. The van der Waals surface area contributed by atoms with Crippen molar-refractivity contribution in [3.05, 3.63) is 29.6 Å². The number of carboxylic acids is 1. The molecule has 7 heteroatoms. The molecule has 1 aromatic carbocycles. The number of piperidine rings is 1. The Balaban J connectivity index is 2.14. The molecule has 1 atom stereocenters. The maximum atomic E-state index is 13.8. The first-order valence-electron chi connectivity index (χ1n) is 6.63. The zero-order valence-corrected chi connectivity index (χ0v) is 11.6. The highest BCUT2D eigenvalue weighted by Gasteiger charge is 2.25. The van der Waals surface area contributed by atoms with Crippen molar-refractivity contribution in [1.82, 2.24) is 4.90 Å². The number of ether oxygens (including phenoxy) is 1. The van der Waals surface area contributed by atoms with Gasteiger partial charge in [0.2, 0.25) is 0 Å². The lowest BCUT2D eigenvalue weighted by Crippen LogP contribution is -2.45. The summed E-state index contributed by atoms with van der Waals surface area (Å²) in [5, 5.41) is 11.4. The Bertz CT molecular complexity index is 550. The number of nitrogens with zero attached hydrogens (tertiary/aromatic N) is 1.